The zero-order valence-electron chi connectivity index (χ0n) is 17.0. The van der Waals surface area contributed by atoms with Gasteiger partial charge in [-0.15, -0.1) is 0 Å². The van der Waals surface area contributed by atoms with Crippen LogP contribution >= 0.6 is 23.2 Å². The van der Waals surface area contributed by atoms with Crippen LogP contribution in [0.3, 0.4) is 0 Å². The minimum Gasteiger partial charge on any atom is -0.323 e. The molecule has 33 heavy (non-hydrogen) atoms. The Kier molecular flexibility index (Phi) is 7.26. The van der Waals surface area contributed by atoms with E-state index in [9.17, 15) is 26.4 Å². The zero-order valence-corrected chi connectivity index (χ0v) is 19.4. The Bertz CT molecular complexity index is 1280. The number of aryl methyl sites for hydroxylation is 1. The molecular formula is C22H17Cl2F3N2O3S. The van der Waals surface area contributed by atoms with Gasteiger partial charge in [-0.05, 0) is 49.4 Å². The summed E-state index contributed by atoms with van der Waals surface area (Å²) in [6.07, 6.45) is -4.83. The Morgan fingerprint density at radius 3 is 2.21 bits per heavy atom. The van der Waals surface area contributed by atoms with Crippen molar-refractivity contribution in [2.24, 2.45) is 0 Å². The highest BCUT2D eigenvalue weighted by atomic mass is 35.5. The molecule has 0 aliphatic heterocycles. The molecule has 0 bridgehead atoms. The zero-order chi connectivity index (χ0) is 24.4. The van der Waals surface area contributed by atoms with Crippen LogP contribution in [0.1, 0.15) is 11.1 Å². The number of sulfonamides is 1. The van der Waals surface area contributed by atoms with E-state index in [-0.39, 0.29) is 21.3 Å². The summed E-state index contributed by atoms with van der Waals surface area (Å²) in [4.78, 5) is 12.5. The molecule has 0 unspecified atom stereocenters. The normalized spacial score (nSPS) is 11.8. The van der Waals surface area contributed by atoms with Crippen LogP contribution in [0.4, 0.5) is 24.5 Å². The molecule has 3 rings (SSSR count). The van der Waals surface area contributed by atoms with Crippen LogP contribution in [0, 0.1) is 6.92 Å². The first-order chi connectivity index (χ1) is 15.4. The topological polar surface area (TPSA) is 66.5 Å². The van der Waals surface area contributed by atoms with E-state index in [0.29, 0.717) is 10.4 Å². The molecule has 5 nitrogen and oxygen atoms in total. The number of benzene rings is 3. The smallest absolute Gasteiger partial charge is 0.323 e. The SMILES string of the molecule is Cc1ccc(S(=O)(=O)N(CC(=O)Nc2ccccc2Cl)c2ccc(Cl)c(C(F)(F)F)c2)cc1. The molecule has 1 N–H and O–H groups in total. The average molecular weight is 517 g/mol. The lowest BCUT2D eigenvalue weighted by Gasteiger charge is -2.25. The molecule has 11 heteroatoms. The van der Waals surface area contributed by atoms with Gasteiger partial charge in [-0.2, -0.15) is 13.2 Å². The first kappa shape index (κ1) is 24.9. The summed E-state index contributed by atoms with van der Waals surface area (Å²) in [5, 5.41) is 2.09. The molecule has 0 aliphatic rings. The predicted octanol–water partition coefficient (Wildman–Crippen LogP) is 6.15. The maximum Gasteiger partial charge on any atom is 0.417 e. The monoisotopic (exact) mass is 516 g/mol. The standard InChI is InChI=1S/C22H17Cl2F3N2O3S/c1-14-6-9-16(10-7-14)33(31,32)29(13-21(30)28-20-5-3-2-4-19(20)24)15-8-11-18(23)17(12-15)22(25,26)27/h2-12H,13H2,1H3,(H,28,30). The molecule has 1 amide bonds. The number of halogens is 5. The molecule has 0 aliphatic carbocycles. The van der Waals surface area contributed by atoms with Gasteiger partial charge < -0.3 is 5.32 Å². The van der Waals surface area contributed by atoms with Crippen LogP contribution < -0.4 is 9.62 Å². The number of carbonyl (C=O) groups is 1. The minimum atomic E-state index is -4.83. The molecule has 0 aromatic heterocycles. The van der Waals surface area contributed by atoms with Crippen molar-refractivity contribution in [2.45, 2.75) is 18.0 Å². The molecule has 0 heterocycles. The number of hydrogen-bond donors (Lipinski definition) is 1. The number of alkyl halides is 3. The van der Waals surface area contributed by atoms with Crippen LogP contribution in [0.25, 0.3) is 0 Å². The molecule has 0 saturated heterocycles. The van der Waals surface area contributed by atoms with Gasteiger partial charge in [0.1, 0.15) is 6.54 Å². The van der Waals surface area contributed by atoms with Crippen molar-refractivity contribution in [3.8, 4) is 0 Å². The molecule has 3 aromatic rings. The fourth-order valence-corrected chi connectivity index (χ4v) is 4.74. The summed E-state index contributed by atoms with van der Waals surface area (Å²) in [6, 6.07) is 14.6. The maximum absolute atomic E-state index is 13.4. The summed E-state index contributed by atoms with van der Waals surface area (Å²) in [5.41, 5.74) is -0.592. The first-order valence-electron chi connectivity index (χ1n) is 9.40. The van der Waals surface area contributed by atoms with Gasteiger partial charge in [-0.25, -0.2) is 8.42 Å². The van der Waals surface area contributed by atoms with Crippen molar-refractivity contribution in [2.75, 3.05) is 16.2 Å². The lowest BCUT2D eigenvalue weighted by Crippen LogP contribution is -2.38. The molecular weight excluding hydrogens is 500 g/mol. The van der Waals surface area contributed by atoms with Gasteiger partial charge >= 0.3 is 6.18 Å². The van der Waals surface area contributed by atoms with Gasteiger partial charge in [0.25, 0.3) is 10.0 Å². The third-order valence-electron chi connectivity index (χ3n) is 4.59. The summed E-state index contributed by atoms with van der Waals surface area (Å²) >= 11 is 11.7. The Hall–Kier alpha value is -2.75. The second-order valence-electron chi connectivity index (χ2n) is 7.01. The van der Waals surface area contributed by atoms with E-state index in [2.05, 4.69) is 5.32 Å². The van der Waals surface area contributed by atoms with Crippen molar-refractivity contribution in [3.05, 3.63) is 87.9 Å². The van der Waals surface area contributed by atoms with E-state index >= 15 is 0 Å². The number of rotatable bonds is 6. The highest BCUT2D eigenvalue weighted by Crippen LogP contribution is 2.38. The van der Waals surface area contributed by atoms with Crippen LogP contribution in [-0.4, -0.2) is 20.9 Å². The van der Waals surface area contributed by atoms with Gasteiger partial charge in [0.2, 0.25) is 5.91 Å². The second kappa shape index (κ2) is 9.62. The summed E-state index contributed by atoms with van der Waals surface area (Å²) < 4.78 is 67.5. The third kappa shape index (κ3) is 5.79. The average Bonchev–Trinajstić information content (AvgIpc) is 2.73. The fraction of sp³-hybridized carbons (Fsp3) is 0.136. The number of anilines is 2. The molecule has 174 valence electrons. The van der Waals surface area contributed by atoms with E-state index in [4.69, 9.17) is 23.2 Å². The molecule has 0 fully saturated rings. The van der Waals surface area contributed by atoms with Crippen molar-refractivity contribution >= 4 is 50.5 Å². The largest absolute Gasteiger partial charge is 0.417 e. The molecule has 0 radical (unpaired) electrons. The Morgan fingerprint density at radius 2 is 1.61 bits per heavy atom. The van der Waals surface area contributed by atoms with Gasteiger partial charge in [-0.3, -0.25) is 9.10 Å². The van der Waals surface area contributed by atoms with Gasteiger partial charge in [0.05, 0.1) is 31.9 Å². The van der Waals surface area contributed by atoms with Crippen molar-refractivity contribution in [1.82, 2.24) is 0 Å². The van der Waals surface area contributed by atoms with Crippen LogP contribution in [0.5, 0.6) is 0 Å². The second-order valence-corrected chi connectivity index (χ2v) is 9.69. The highest BCUT2D eigenvalue weighted by molar-refractivity contribution is 7.92. The maximum atomic E-state index is 13.4. The van der Waals surface area contributed by atoms with Crippen molar-refractivity contribution < 1.29 is 26.4 Å². The molecule has 3 aromatic carbocycles. The van der Waals surface area contributed by atoms with E-state index in [0.717, 1.165) is 17.7 Å². The first-order valence-corrected chi connectivity index (χ1v) is 11.6. The number of carbonyl (C=O) groups excluding carboxylic acids is 1. The number of para-hydroxylation sites is 1. The Balaban J connectivity index is 2.06. The molecule has 0 saturated carbocycles. The van der Waals surface area contributed by atoms with Gasteiger partial charge in [0, 0.05) is 0 Å². The predicted molar refractivity (Wildman–Crippen MR) is 122 cm³/mol. The van der Waals surface area contributed by atoms with Crippen LogP contribution in [0.15, 0.2) is 71.6 Å². The molecule has 0 atom stereocenters. The van der Waals surface area contributed by atoms with E-state index in [1.165, 1.54) is 36.4 Å². The lowest BCUT2D eigenvalue weighted by molar-refractivity contribution is -0.137. The van der Waals surface area contributed by atoms with Gasteiger partial charge in [0.15, 0.2) is 0 Å². The summed E-state index contributed by atoms with van der Waals surface area (Å²) in [7, 11) is -4.41. The van der Waals surface area contributed by atoms with E-state index in [1.54, 1.807) is 19.1 Å². The molecule has 0 spiro atoms. The van der Waals surface area contributed by atoms with Crippen molar-refractivity contribution in [1.29, 1.82) is 0 Å². The van der Waals surface area contributed by atoms with Crippen LogP contribution in [0.2, 0.25) is 10.0 Å². The quantitative estimate of drug-likeness (QED) is 0.426. The van der Waals surface area contributed by atoms with Gasteiger partial charge in [-0.1, -0.05) is 53.0 Å². The lowest BCUT2D eigenvalue weighted by atomic mass is 10.2. The number of nitrogens with zero attached hydrogens (tertiary/aromatic N) is 1. The van der Waals surface area contributed by atoms with E-state index in [1.807, 2.05) is 0 Å². The highest BCUT2D eigenvalue weighted by Gasteiger charge is 2.35. The van der Waals surface area contributed by atoms with E-state index < -0.39 is 39.2 Å². The Morgan fingerprint density at radius 1 is 0.970 bits per heavy atom. The summed E-state index contributed by atoms with van der Waals surface area (Å²) in [6.45, 7) is 0.945. The van der Waals surface area contributed by atoms with Crippen molar-refractivity contribution in [3.63, 3.8) is 0 Å². The third-order valence-corrected chi connectivity index (χ3v) is 7.03. The number of amides is 1. The minimum absolute atomic E-state index is 0.192. The number of nitrogens with one attached hydrogen (secondary N) is 1. The fourth-order valence-electron chi connectivity index (χ4n) is 2.92. The Labute approximate surface area is 198 Å². The number of hydrogen-bond acceptors (Lipinski definition) is 3. The van der Waals surface area contributed by atoms with Crippen LogP contribution in [-0.2, 0) is 21.0 Å². The summed E-state index contributed by atoms with van der Waals surface area (Å²) in [5.74, 6) is -0.803.